The molecule has 278 valence electrons. The number of amides is 2. The third-order valence-corrected chi connectivity index (χ3v) is 13.1. The van der Waals surface area contributed by atoms with E-state index in [-0.39, 0.29) is 43.2 Å². The number of halogens is 1. The molecule has 0 saturated carbocycles. The predicted molar refractivity (Wildman–Crippen MR) is 190 cm³/mol. The van der Waals surface area contributed by atoms with E-state index < -0.39 is 43.8 Å². The second kappa shape index (κ2) is 14.9. The number of aliphatic hydroxyl groups excluding tert-OH is 1. The summed E-state index contributed by atoms with van der Waals surface area (Å²) in [7, 11) is -2.15. The van der Waals surface area contributed by atoms with Crippen LogP contribution in [-0.4, -0.2) is 84.9 Å². The molecular formula is C37H46FN5O8Si. The molecule has 6 atom stereocenters. The Balaban J connectivity index is 1.32. The molecular weight excluding hydrogens is 690 g/mol. The highest BCUT2D eigenvalue weighted by Crippen LogP contribution is 2.60. The Hall–Kier alpha value is -4.47. The summed E-state index contributed by atoms with van der Waals surface area (Å²) in [6.45, 7) is 6.88. The first-order valence-corrected chi connectivity index (χ1v) is 20.7. The van der Waals surface area contributed by atoms with Gasteiger partial charge in [0.2, 0.25) is 14.3 Å². The van der Waals surface area contributed by atoms with Crippen LogP contribution < -0.4 is 9.80 Å². The number of esters is 2. The van der Waals surface area contributed by atoms with Crippen molar-refractivity contribution in [2.75, 3.05) is 30.1 Å². The van der Waals surface area contributed by atoms with Gasteiger partial charge in [-0.3, -0.25) is 28.8 Å². The van der Waals surface area contributed by atoms with E-state index in [1.807, 2.05) is 37.3 Å². The third-order valence-electron chi connectivity index (χ3n) is 10.6. The van der Waals surface area contributed by atoms with Gasteiger partial charge in [0.15, 0.2) is 11.8 Å². The molecule has 3 aliphatic heterocycles. The van der Waals surface area contributed by atoms with Crippen LogP contribution in [0.1, 0.15) is 68.7 Å². The molecule has 2 saturated heterocycles. The van der Waals surface area contributed by atoms with Gasteiger partial charge >= 0.3 is 11.9 Å². The first-order valence-electron chi connectivity index (χ1n) is 17.7. The van der Waals surface area contributed by atoms with Crippen LogP contribution in [0, 0.1) is 5.92 Å². The number of nitrogens with zero attached hydrogens (tertiary/aromatic N) is 5. The molecule has 1 N–H and O–H groups in total. The summed E-state index contributed by atoms with van der Waals surface area (Å²) in [5.41, 5.74) is 0.941. The predicted octanol–water partition coefficient (Wildman–Crippen LogP) is 4.58. The molecule has 3 aromatic rings. The van der Waals surface area contributed by atoms with Crippen LogP contribution >= 0.6 is 0 Å². The molecule has 2 unspecified atom stereocenters. The number of anilines is 2. The molecule has 1 aromatic heterocycles. The zero-order chi connectivity index (χ0) is 37.4. The number of ether oxygens (including phenoxy) is 3. The Morgan fingerprint density at radius 2 is 1.88 bits per heavy atom. The molecule has 2 aromatic carbocycles. The van der Waals surface area contributed by atoms with E-state index in [0.29, 0.717) is 55.0 Å². The van der Waals surface area contributed by atoms with Crippen molar-refractivity contribution in [2.24, 2.45) is 5.92 Å². The standard InChI is InChI=1S/C37H46FN5O8Si/c1-23-35(52(4,5)38)31(16-18-41-21-29(39-40-41)27(22-44)25-11-7-6-8-12-25)51-37(23)28-19-26(43-32(46)20-33(43)50-24(2)45)14-15-30(28)42(36(37)48)17-10-9-13-34(47)49-3/h6-8,11-12,14-15,19,21,23,27,31,33,35,44H,9-10,13,16-18,20,22H2,1-5H3/t23-,27?,31+,33?,35-,37+/m1/s1. The number of rotatable bonds is 14. The molecule has 15 heteroatoms. The van der Waals surface area contributed by atoms with Crippen molar-refractivity contribution < 1.29 is 42.6 Å². The zero-order valence-electron chi connectivity index (χ0n) is 30.2. The van der Waals surface area contributed by atoms with Crippen molar-refractivity contribution in [1.29, 1.82) is 0 Å². The molecule has 3 aliphatic rings. The molecule has 13 nitrogen and oxygen atoms in total. The average Bonchev–Trinajstić information content (AvgIpc) is 3.75. The Labute approximate surface area is 303 Å². The topological polar surface area (TPSA) is 153 Å². The van der Waals surface area contributed by atoms with Crippen molar-refractivity contribution >= 4 is 43.5 Å². The number of aryl methyl sites for hydroxylation is 1. The first kappa shape index (κ1) is 37.3. The monoisotopic (exact) mass is 735 g/mol. The maximum absolute atomic E-state index is 16.5. The van der Waals surface area contributed by atoms with Gasteiger partial charge in [0, 0.05) is 55.3 Å². The number of carbonyl (C=O) groups is 4. The minimum atomic E-state index is -3.48. The Morgan fingerprint density at radius 1 is 1.13 bits per heavy atom. The van der Waals surface area contributed by atoms with Crippen molar-refractivity contribution in [3.63, 3.8) is 0 Å². The fraction of sp³-hybridized carbons (Fsp3) is 0.514. The van der Waals surface area contributed by atoms with Crippen LogP contribution in [0.4, 0.5) is 15.5 Å². The van der Waals surface area contributed by atoms with E-state index in [1.54, 1.807) is 47.1 Å². The molecule has 2 amide bonds. The molecule has 0 radical (unpaired) electrons. The summed E-state index contributed by atoms with van der Waals surface area (Å²) >= 11 is 0. The lowest BCUT2D eigenvalue weighted by atomic mass is 9.82. The minimum Gasteiger partial charge on any atom is -0.469 e. The Morgan fingerprint density at radius 3 is 2.54 bits per heavy atom. The van der Waals surface area contributed by atoms with Gasteiger partial charge in [-0.2, -0.15) is 0 Å². The number of methoxy groups -OCH3 is 1. The number of hydrogen-bond donors (Lipinski definition) is 1. The van der Waals surface area contributed by atoms with Crippen LogP contribution in [0.15, 0.2) is 54.7 Å². The SMILES string of the molecule is COC(=O)CCCCN1C(=O)[C@@]2(O[C@@H](CCn3cc(C(CO)c4ccccc4)nn3)[C@H]([Si](C)(C)F)[C@H]2C)c2cc(N3C(=O)CC3OC(C)=O)ccc21. The zero-order valence-corrected chi connectivity index (χ0v) is 31.2. The summed E-state index contributed by atoms with van der Waals surface area (Å²) < 4.78 is 35.2. The van der Waals surface area contributed by atoms with Gasteiger partial charge in [0.25, 0.3) is 5.91 Å². The molecule has 1 spiro atoms. The summed E-state index contributed by atoms with van der Waals surface area (Å²) in [4.78, 5) is 54.1. The number of β-lactam (4-membered cyclic amide) rings is 1. The van der Waals surface area contributed by atoms with Crippen LogP contribution in [0.25, 0.3) is 0 Å². The Bertz CT molecular complexity index is 1820. The van der Waals surface area contributed by atoms with E-state index in [9.17, 15) is 24.3 Å². The van der Waals surface area contributed by atoms with Crippen molar-refractivity contribution in [2.45, 2.75) is 95.0 Å². The normalized spacial score (nSPS) is 24.6. The lowest BCUT2D eigenvalue weighted by Crippen LogP contribution is -2.55. The maximum atomic E-state index is 16.5. The minimum absolute atomic E-state index is 0.0418. The molecule has 6 rings (SSSR count). The molecule has 0 aliphatic carbocycles. The van der Waals surface area contributed by atoms with Crippen LogP contribution in [0.2, 0.25) is 18.6 Å². The third kappa shape index (κ3) is 6.88. The quantitative estimate of drug-likeness (QED) is 0.0819. The number of aliphatic hydroxyl groups is 1. The maximum Gasteiger partial charge on any atom is 0.305 e. The molecule has 52 heavy (non-hydrogen) atoms. The van der Waals surface area contributed by atoms with Gasteiger partial charge < -0.3 is 28.3 Å². The van der Waals surface area contributed by atoms with Crippen LogP contribution in [-0.2, 0) is 45.5 Å². The number of unbranched alkanes of at least 4 members (excludes halogenated alkanes) is 1. The highest BCUT2D eigenvalue weighted by atomic mass is 28.4. The summed E-state index contributed by atoms with van der Waals surface area (Å²) in [6.07, 6.45) is 1.94. The second-order valence-electron chi connectivity index (χ2n) is 14.3. The smallest absolute Gasteiger partial charge is 0.305 e. The second-order valence-corrected chi connectivity index (χ2v) is 18.1. The molecule has 0 bridgehead atoms. The number of aromatic nitrogens is 3. The van der Waals surface area contributed by atoms with E-state index in [1.165, 1.54) is 18.9 Å². The highest BCUT2D eigenvalue weighted by Gasteiger charge is 2.66. The lowest BCUT2D eigenvalue weighted by molar-refractivity contribution is -0.154. The fourth-order valence-electron chi connectivity index (χ4n) is 8.20. The van der Waals surface area contributed by atoms with Gasteiger partial charge in [-0.25, -0.2) is 0 Å². The van der Waals surface area contributed by atoms with Gasteiger partial charge in [-0.05, 0) is 56.1 Å². The average molecular weight is 736 g/mol. The van der Waals surface area contributed by atoms with Gasteiger partial charge in [0.05, 0.1) is 43.5 Å². The first-order chi connectivity index (χ1) is 24.8. The van der Waals surface area contributed by atoms with E-state index in [4.69, 9.17) is 14.2 Å². The lowest BCUT2D eigenvalue weighted by Gasteiger charge is -2.39. The number of benzene rings is 2. The molecule has 4 heterocycles. The number of hydrogen-bond acceptors (Lipinski definition) is 10. The van der Waals surface area contributed by atoms with Crippen LogP contribution in [0.3, 0.4) is 0 Å². The highest BCUT2D eigenvalue weighted by molar-refractivity contribution is 6.72. The van der Waals surface area contributed by atoms with Crippen molar-refractivity contribution in [3.8, 4) is 0 Å². The summed E-state index contributed by atoms with van der Waals surface area (Å²) in [6, 6.07) is 14.7. The number of carbonyl (C=O) groups excluding carboxylic acids is 4. The summed E-state index contributed by atoms with van der Waals surface area (Å²) in [5.74, 6) is -2.35. The van der Waals surface area contributed by atoms with E-state index in [2.05, 4.69) is 10.3 Å². The summed E-state index contributed by atoms with van der Waals surface area (Å²) in [5, 5.41) is 18.8. The molecule has 2 fully saturated rings. The number of fused-ring (bicyclic) bond motifs is 2. The van der Waals surface area contributed by atoms with Crippen LogP contribution in [0.5, 0.6) is 0 Å². The Kier molecular flexibility index (Phi) is 10.7. The van der Waals surface area contributed by atoms with Crippen molar-refractivity contribution in [1.82, 2.24) is 15.0 Å². The van der Waals surface area contributed by atoms with Gasteiger partial charge in [-0.15, -0.1) is 5.10 Å². The van der Waals surface area contributed by atoms with E-state index in [0.717, 1.165) is 5.56 Å². The van der Waals surface area contributed by atoms with Crippen molar-refractivity contribution in [3.05, 3.63) is 71.5 Å². The fourth-order valence-corrected chi connectivity index (χ4v) is 10.7. The van der Waals surface area contributed by atoms with Gasteiger partial charge in [-0.1, -0.05) is 42.5 Å². The van der Waals surface area contributed by atoms with E-state index >= 15 is 4.11 Å². The largest absolute Gasteiger partial charge is 0.469 e. The van der Waals surface area contributed by atoms with Gasteiger partial charge in [0.1, 0.15) is 0 Å².